The fourth-order valence-electron chi connectivity index (χ4n) is 1.87. The Balaban J connectivity index is 2.08. The van der Waals surface area contributed by atoms with Gasteiger partial charge in [0.1, 0.15) is 0 Å². The van der Waals surface area contributed by atoms with E-state index in [0.29, 0.717) is 11.1 Å². The Morgan fingerprint density at radius 2 is 1.68 bits per heavy atom. The Bertz CT molecular complexity index is 778. The summed E-state index contributed by atoms with van der Waals surface area (Å²) in [5.41, 5.74) is 0.740. The van der Waals surface area contributed by atoms with Crippen LogP contribution in [0.15, 0.2) is 70.1 Å². The molecule has 3 nitrogen and oxygen atoms in total. The Kier molecular flexibility index (Phi) is 3.09. The number of nitrogens with zero attached hydrogens (tertiary/aromatic N) is 1. The molecule has 4 heteroatoms. The first-order valence-electron chi connectivity index (χ1n) is 5.78. The van der Waals surface area contributed by atoms with E-state index in [1.54, 1.807) is 17.0 Å². The average Bonchev–Trinajstić information content (AvgIpc) is 2.45. The predicted octanol–water partition coefficient (Wildman–Crippen LogP) is 3.61. The minimum atomic E-state index is -0.00810. The molecule has 3 rings (SSSR count). The van der Waals surface area contributed by atoms with E-state index >= 15 is 0 Å². The zero-order valence-corrected chi connectivity index (χ0v) is 11.5. The van der Waals surface area contributed by atoms with Crippen LogP contribution in [0.2, 0.25) is 0 Å². The summed E-state index contributed by atoms with van der Waals surface area (Å²) in [5.74, 6) is 0.706. The second-order valence-electron chi connectivity index (χ2n) is 4.07. The Morgan fingerprint density at radius 3 is 2.47 bits per heavy atom. The topological polar surface area (TPSA) is 31.2 Å². The smallest absolute Gasteiger partial charge is 0.189 e. The Morgan fingerprint density at radius 1 is 0.947 bits per heavy atom. The summed E-state index contributed by atoms with van der Waals surface area (Å²) in [4.78, 5) is 17.5. The number of pyridine rings is 1. The maximum absolute atomic E-state index is 11.8. The number of aromatic nitrogens is 1. The molecule has 0 saturated carbocycles. The minimum absolute atomic E-state index is 0.00810. The van der Waals surface area contributed by atoms with Gasteiger partial charge < -0.3 is 4.84 Å². The zero-order chi connectivity index (χ0) is 13.2. The molecule has 0 unspecified atom stereocenters. The second kappa shape index (κ2) is 4.90. The summed E-state index contributed by atoms with van der Waals surface area (Å²) in [6, 6.07) is 16.4. The lowest BCUT2D eigenvalue weighted by Gasteiger charge is -2.11. The molecule has 1 aromatic heterocycles. The van der Waals surface area contributed by atoms with Crippen molar-refractivity contribution in [3.8, 4) is 5.75 Å². The lowest BCUT2D eigenvalue weighted by Crippen LogP contribution is -2.11. The van der Waals surface area contributed by atoms with E-state index in [9.17, 15) is 4.79 Å². The number of fused-ring (bicyclic) bond motifs is 1. The van der Waals surface area contributed by atoms with Crippen molar-refractivity contribution < 1.29 is 4.84 Å². The van der Waals surface area contributed by atoms with Crippen molar-refractivity contribution in [3.63, 3.8) is 0 Å². The van der Waals surface area contributed by atoms with Crippen LogP contribution < -0.4 is 10.3 Å². The molecule has 94 valence electrons. The summed E-state index contributed by atoms with van der Waals surface area (Å²) < 4.78 is 2.59. The SMILES string of the molecule is O=c1ccn(Oc2ccc(Br)cc2)c2ccccc12. The lowest BCUT2D eigenvalue weighted by molar-refractivity contribution is 0.227. The van der Waals surface area contributed by atoms with Crippen LogP contribution in [0.25, 0.3) is 10.9 Å². The van der Waals surface area contributed by atoms with Gasteiger partial charge >= 0.3 is 0 Å². The van der Waals surface area contributed by atoms with Crippen LogP contribution in [-0.2, 0) is 0 Å². The molecule has 0 spiro atoms. The molecule has 0 aliphatic carbocycles. The van der Waals surface area contributed by atoms with E-state index in [1.807, 2.05) is 42.5 Å². The maximum Gasteiger partial charge on any atom is 0.189 e. The van der Waals surface area contributed by atoms with Gasteiger partial charge in [-0.25, -0.2) is 0 Å². The van der Waals surface area contributed by atoms with Gasteiger partial charge in [-0.2, -0.15) is 4.73 Å². The molecule has 0 radical (unpaired) electrons. The van der Waals surface area contributed by atoms with E-state index < -0.39 is 0 Å². The monoisotopic (exact) mass is 315 g/mol. The third-order valence-corrected chi connectivity index (χ3v) is 3.31. The molecule has 0 aliphatic heterocycles. The lowest BCUT2D eigenvalue weighted by atomic mass is 10.2. The molecule has 0 amide bonds. The number of halogens is 1. The molecule has 0 N–H and O–H groups in total. The van der Waals surface area contributed by atoms with Gasteiger partial charge in [0.15, 0.2) is 11.2 Å². The van der Waals surface area contributed by atoms with Gasteiger partial charge in [-0.1, -0.05) is 28.1 Å². The summed E-state index contributed by atoms with van der Waals surface area (Å²) in [6.07, 6.45) is 1.63. The van der Waals surface area contributed by atoms with Crippen molar-refractivity contribution in [2.75, 3.05) is 0 Å². The van der Waals surface area contributed by atoms with Gasteiger partial charge in [0, 0.05) is 22.1 Å². The number of hydrogen-bond acceptors (Lipinski definition) is 2. The molecular weight excluding hydrogens is 306 g/mol. The highest BCUT2D eigenvalue weighted by atomic mass is 79.9. The van der Waals surface area contributed by atoms with Crippen molar-refractivity contribution in [2.45, 2.75) is 0 Å². The normalized spacial score (nSPS) is 10.6. The van der Waals surface area contributed by atoms with Gasteiger partial charge in [-0.3, -0.25) is 4.79 Å². The number of rotatable bonds is 2. The predicted molar refractivity (Wildman–Crippen MR) is 78.4 cm³/mol. The second-order valence-corrected chi connectivity index (χ2v) is 4.98. The summed E-state index contributed by atoms with van der Waals surface area (Å²) >= 11 is 3.38. The quantitative estimate of drug-likeness (QED) is 0.723. The fourth-order valence-corrected chi connectivity index (χ4v) is 2.13. The molecule has 0 aliphatic rings. The van der Waals surface area contributed by atoms with Gasteiger partial charge in [0.25, 0.3) is 0 Å². The van der Waals surface area contributed by atoms with Crippen LogP contribution in [0.5, 0.6) is 5.75 Å². The third-order valence-electron chi connectivity index (χ3n) is 2.79. The maximum atomic E-state index is 11.8. The van der Waals surface area contributed by atoms with E-state index in [-0.39, 0.29) is 5.43 Å². The van der Waals surface area contributed by atoms with Crippen molar-refractivity contribution in [1.29, 1.82) is 0 Å². The highest BCUT2D eigenvalue weighted by molar-refractivity contribution is 9.10. The molecule has 0 atom stereocenters. The molecule has 0 bridgehead atoms. The zero-order valence-electron chi connectivity index (χ0n) is 9.92. The van der Waals surface area contributed by atoms with E-state index in [2.05, 4.69) is 15.9 Å². The summed E-state index contributed by atoms with van der Waals surface area (Å²) in [6.45, 7) is 0. The van der Waals surface area contributed by atoms with Gasteiger partial charge in [0.2, 0.25) is 0 Å². The fraction of sp³-hybridized carbons (Fsp3) is 0. The van der Waals surface area contributed by atoms with Crippen LogP contribution in [0.1, 0.15) is 0 Å². The van der Waals surface area contributed by atoms with Crippen LogP contribution >= 0.6 is 15.9 Å². The van der Waals surface area contributed by atoms with E-state index in [0.717, 1.165) is 9.99 Å². The molecule has 3 aromatic rings. The first kappa shape index (κ1) is 12.0. The Hall–Kier alpha value is -2.07. The molecule has 19 heavy (non-hydrogen) atoms. The highest BCUT2D eigenvalue weighted by Crippen LogP contribution is 2.18. The van der Waals surface area contributed by atoms with Crippen LogP contribution in [-0.4, -0.2) is 4.73 Å². The first-order valence-corrected chi connectivity index (χ1v) is 6.58. The van der Waals surface area contributed by atoms with Crippen LogP contribution in [0.3, 0.4) is 0 Å². The van der Waals surface area contributed by atoms with Gasteiger partial charge in [0.05, 0.1) is 5.52 Å². The van der Waals surface area contributed by atoms with Gasteiger partial charge in [-0.05, 0) is 36.4 Å². The molecule has 2 aromatic carbocycles. The van der Waals surface area contributed by atoms with E-state index in [4.69, 9.17) is 4.84 Å². The van der Waals surface area contributed by atoms with Crippen LogP contribution in [0, 0.1) is 0 Å². The van der Waals surface area contributed by atoms with Crippen molar-refractivity contribution in [3.05, 3.63) is 75.5 Å². The molecule has 0 saturated heterocycles. The standard InChI is InChI=1S/C15H10BrNO2/c16-11-5-7-12(8-6-11)19-17-10-9-15(18)13-3-1-2-4-14(13)17/h1-10H. The number of hydrogen-bond donors (Lipinski definition) is 0. The summed E-state index contributed by atoms with van der Waals surface area (Å²) in [5, 5.41) is 0.641. The molecule has 0 fully saturated rings. The molecule has 1 heterocycles. The number of benzene rings is 2. The number of para-hydroxylation sites is 1. The van der Waals surface area contributed by atoms with Crippen molar-refractivity contribution in [1.82, 2.24) is 4.73 Å². The van der Waals surface area contributed by atoms with Crippen molar-refractivity contribution in [2.24, 2.45) is 0 Å². The largest absolute Gasteiger partial charge is 0.375 e. The molecular formula is C15H10BrNO2. The van der Waals surface area contributed by atoms with Crippen LogP contribution in [0.4, 0.5) is 0 Å². The van der Waals surface area contributed by atoms with Crippen molar-refractivity contribution >= 4 is 26.8 Å². The first-order chi connectivity index (χ1) is 9.24. The van der Waals surface area contributed by atoms with Gasteiger partial charge in [-0.15, -0.1) is 0 Å². The highest BCUT2D eigenvalue weighted by Gasteiger charge is 2.03. The van der Waals surface area contributed by atoms with E-state index in [1.165, 1.54) is 6.07 Å². The third kappa shape index (κ3) is 2.39. The average molecular weight is 316 g/mol. The minimum Gasteiger partial charge on any atom is -0.375 e. The summed E-state index contributed by atoms with van der Waals surface area (Å²) in [7, 11) is 0. The Labute approximate surface area is 118 Å².